The Kier molecular flexibility index (Phi) is 9.05. The molecule has 118 valence electrons. The third-order valence-electron chi connectivity index (χ3n) is 2.84. The Morgan fingerprint density at radius 3 is 2.71 bits per heavy atom. The molecule has 0 aliphatic heterocycles. The van der Waals surface area contributed by atoms with E-state index in [2.05, 4.69) is 21.2 Å². The van der Waals surface area contributed by atoms with E-state index in [-0.39, 0.29) is 18.6 Å². The van der Waals surface area contributed by atoms with Crippen LogP contribution in [0.2, 0.25) is 0 Å². The SMILES string of the molecule is COCC(CCO)NC(=O)CCCOc1ccc(Br)cc1. The van der Waals surface area contributed by atoms with E-state index in [1.54, 1.807) is 7.11 Å². The van der Waals surface area contributed by atoms with E-state index in [0.717, 1.165) is 10.2 Å². The van der Waals surface area contributed by atoms with Crippen molar-refractivity contribution in [2.24, 2.45) is 0 Å². The molecule has 1 aromatic carbocycles. The van der Waals surface area contributed by atoms with E-state index in [0.29, 0.717) is 32.5 Å². The van der Waals surface area contributed by atoms with Crippen molar-refractivity contribution in [1.82, 2.24) is 5.32 Å². The number of aliphatic hydroxyl groups is 1. The van der Waals surface area contributed by atoms with Gasteiger partial charge in [0.15, 0.2) is 0 Å². The van der Waals surface area contributed by atoms with Crippen LogP contribution in [0.5, 0.6) is 5.75 Å². The summed E-state index contributed by atoms with van der Waals surface area (Å²) >= 11 is 3.36. The zero-order valence-corrected chi connectivity index (χ0v) is 13.8. The second-order valence-electron chi connectivity index (χ2n) is 4.64. The monoisotopic (exact) mass is 359 g/mol. The van der Waals surface area contributed by atoms with Gasteiger partial charge in [0.1, 0.15) is 5.75 Å². The fourth-order valence-electron chi connectivity index (χ4n) is 1.81. The lowest BCUT2D eigenvalue weighted by Crippen LogP contribution is -2.38. The number of aliphatic hydroxyl groups excluding tert-OH is 1. The van der Waals surface area contributed by atoms with E-state index in [4.69, 9.17) is 14.6 Å². The van der Waals surface area contributed by atoms with E-state index in [1.165, 1.54) is 0 Å². The Morgan fingerprint density at radius 1 is 1.38 bits per heavy atom. The molecule has 0 aliphatic carbocycles. The summed E-state index contributed by atoms with van der Waals surface area (Å²) in [4.78, 5) is 11.7. The average Bonchev–Trinajstić information content (AvgIpc) is 2.46. The van der Waals surface area contributed by atoms with Crippen LogP contribution in [0.25, 0.3) is 0 Å². The molecule has 0 aromatic heterocycles. The molecule has 0 fully saturated rings. The van der Waals surface area contributed by atoms with Gasteiger partial charge in [-0.2, -0.15) is 0 Å². The Labute approximate surface area is 133 Å². The first-order chi connectivity index (χ1) is 10.2. The molecule has 5 nitrogen and oxygen atoms in total. The number of methoxy groups -OCH3 is 1. The quantitative estimate of drug-likeness (QED) is 0.628. The zero-order chi connectivity index (χ0) is 15.5. The van der Waals surface area contributed by atoms with Crippen molar-refractivity contribution in [3.63, 3.8) is 0 Å². The van der Waals surface area contributed by atoms with Gasteiger partial charge in [0.2, 0.25) is 5.91 Å². The standard InChI is InChI=1S/C15H22BrNO4/c1-20-11-13(8-9-18)17-15(19)3-2-10-21-14-6-4-12(16)5-7-14/h4-7,13,18H,2-3,8-11H2,1H3,(H,17,19). The molecule has 0 heterocycles. The summed E-state index contributed by atoms with van der Waals surface area (Å²) in [5.74, 6) is 0.737. The van der Waals surface area contributed by atoms with Gasteiger partial charge in [-0.05, 0) is 37.1 Å². The molecule has 0 saturated heterocycles. The van der Waals surface area contributed by atoms with Gasteiger partial charge in [0, 0.05) is 24.6 Å². The van der Waals surface area contributed by atoms with Gasteiger partial charge in [-0.15, -0.1) is 0 Å². The third kappa shape index (κ3) is 8.04. The number of carbonyl (C=O) groups excluding carboxylic acids is 1. The van der Waals surface area contributed by atoms with Crippen LogP contribution in [0.15, 0.2) is 28.7 Å². The fourth-order valence-corrected chi connectivity index (χ4v) is 2.07. The number of amides is 1. The molecule has 1 atom stereocenters. The molecule has 0 bridgehead atoms. The molecule has 1 unspecified atom stereocenters. The van der Waals surface area contributed by atoms with E-state index in [1.807, 2.05) is 24.3 Å². The molecule has 0 radical (unpaired) electrons. The van der Waals surface area contributed by atoms with Crippen LogP contribution in [0, 0.1) is 0 Å². The van der Waals surface area contributed by atoms with Crippen LogP contribution in [0.3, 0.4) is 0 Å². The predicted molar refractivity (Wildman–Crippen MR) is 84.4 cm³/mol. The topological polar surface area (TPSA) is 67.8 Å². The van der Waals surface area contributed by atoms with Gasteiger partial charge in [0.25, 0.3) is 0 Å². The number of hydrogen-bond donors (Lipinski definition) is 2. The first-order valence-electron chi connectivity index (χ1n) is 6.93. The molecule has 21 heavy (non-hydrogen) atoms. The second kappa shape index (κ2) is 10.6. The van der Waals surface area contributed by atoms with Gasteiger partial charge < -0.3 is 19.9 Å². The summed E-state index contributed by atoms with van der Waals surface area (Å²) in [5.41, 5.74) is 0. The Hall–Kier alpha value is -1.11. The van der Waals surface area contributed by atoms with Crippen molar-refractivity contribution in [3.05, 3.63) is 28.7 Å². The van der Waals surface area contributed by atoms with Crippen LogP contribution in [0.1, 0.15) is 19.3 Å². The number of carbonyl (C=O) groups is 1. The minimum absolute atomic E-state index is 0.0288. The summed E-state index contributed by atoms with van der Waals surface area (Å²) in [6, 6.07) is 7.43. The minimum atomic E-state index is -0.139. The summed E-state index contributed by atoms with van der Waals surface area (Å²) in [5, 5.41) is 11.7. The number of benzene rings is 1. The van der Waals surface area contributed by atoms with E-state index >= 15 is 0 Å². The highest BCUT2D eigenvalue weighted by atomic mass is 79.9. The molecular formula is C15H22BrNO4. The fraction of sp³-hybridized carbons (Fsp3) is 0.533. The maximum absolute atomic E-state index is 11.7. The molecule has 0 spiro atoms. The first-order valence-corrected chi connectivity index (χ1v) is 7.72. The van der Waals surface area contributed by atoms with Crippen molar-refractivity contribution in [2.75, 3.05) is 26.9 Å². The molecule has 1 aromatic rings. The first kappa shape index (κ1) is 17.9. The summed E-state index contributed by atoms with van der Waals surface area (Å²) in [6.45, 7) is 0.923. The average molecular weight is 360 g/mol. The third-order valence-corrected chi connectivity index (χ3v) is 3.37. The molecule has 0 saturated carbocycles. The van der Waals surface area contributed by atoms with Gasteiger partial charge in [-0.25, -0.2) is 0 Å². The zero-order valence-electron chi connectivity index (χ0n) is 12.2. The normalized spacial score (nSPS) is 12.0. The number of hydrogen-bond acceptors (Lipinski definition) is 4. The maximum Gasteiger partial charge on any atom is 0.220 e. The Bertz CT molecular complexity index is 405. The van der Waals surface area contributed by atoms with Crippen molar-refractivity contribution >= 4 is 21.8 Å². The van der Waals surface area contributed by atoms with Crippen molar-refractivity contribution in [1.29, 1.82) is 0 Å². The largest absolute Gasteiger partial charge is 0.494 e. The molecule has 1 amide bonds. The predicted octanol–water partition coefficient (Wildman–Crippen LogP) is 2.12. The molecule has 0 aliphatic rings. The lowest BCUT2D eigenvalue weighted by molar-refractivity contribution is -0.122. The van der Waals surface area contributed by atoms with Crippen LogP contribution in [-0.2, 0) is 9.53 Å². The summed E-state index contributed by atoms with van der Waals surface area (Å²) in [7, 11) is 1.57. The van der Waals surface area contributed by atoms with Gasteiger partial charge in [-0.1, -0.05) is 15.9 Å². The summed E-state index contributed by atoms with van der Waals surface area (Å²) in [6.07, 6.45) is 1.53. The smallest absolute Gasteiger partial charge is 0.220 e. The van der Waals surface area contributed by atoms with Crippen LogP contribution in [0.4, 0.5) is 0 Å². The number of halogens is 1. The highest BCUT2D eigenvalue weighted by Crippen LogP contribution is 2.16. The summed E-state index contributed by atoms with van der Waals surface area (Å²) < 4.78 is 11.5. The van der Waals surface area contributed by atoms with Crippen LogP contribution < -0.4 is 10.1 Å². The lowest BCUT2D eigenvalue weighted by Gasteiger charge is -2.16. The van der Waals surface area contributed by atoms with Crippen molar-refractivity contribution in [2.45, 2.75) is 25.3 Å². The van der Waals surface area contributed by atoms with Crippen LogP contribution >= 0.6 is 15.9 Å². The molecule has 1 rings (SSSR count). The Morgan fingerprint density at radius 2 is 2.10 bits per heavy atom. The maximum atomic E-state index is 11.7. The minimum Gasteiger partial charge on any atom is -0.494 e. The molecule has 2 N–H and O–H groups in total. The lowest BCUT2D eigenvalue weighted by atomic mass is 10.2. The highest BCUT2D eigenvalue weighted by molar-refractivity contribution is 9.10. The van der Waals surface area contributed by atoms with Crippen molar-refractivity contribution < 1.29 is 19.4 Å². The van der Waals surface area contributed by atoms with Gasteiger partial charge in [-0.3, -0.25) is 4.79 Å². The van der Waals surface area contributed by atoms with E-state index in [9.17, 15) is 4.79 Å². The van der Waals surface area contributed by atoms with Crippen molar-refractivity contribution in [3.8, 4) is 5.75 Å². The highest BCUT2D eigenvalue weighted by Gasteiger charge is 2.11. The van der Waals surface area contributed by atoms with E-state index < -0.39 is 0 Å². The number of nitrogens with one attached hydrogen (secondary N) is 1. The second-order valence-corrected chi connectivity index (χ2v) is 5.55. The van der Waals surface area contributed by atoms with Crippen LogP contribution in [-0.4, -0.2) is 44.0 Å². The Balaban J connectivity index is 2.19. The van der Waals surface area contributed by atoms with Gasteiger partial charge >= 0.3 is 0 Å². The van der Waals surface area contributed by atoms with Gasteiger partial charge in [0.05, 0.1) is 19.3 Å². The molecule has 6 heteroatoms. The number of rotatable bonds is 10. The molecular weight excluding hydrogens is 338 g/mol. The number of ether oxygens (including phenoxy) is 2.